The van der Waals surface area contributed by atoms with Gasteiger partial charge in [-0.1, -0.05) is 24.8 Å². The van der Waals surface area contributed by atoms with Crippen LogP contribution in [0.25, 0.3) is 10.2 Å². The molecule has 3 aromatic heterocycles. The van der Waals surface area contributed by atoms with E-state index in [0.717, 1.165) is 33.1 Å². The number of Topliss-reactive ketones (excluding diaryl/α,β-unsaturated/α-hetero) is 1. The molecule has 0 N–H and O–H groups in total. The van der Waals surface area contributed by atoms with Gasteiger partial charge in [0.2, 0.25) is 0 Å². The van der Waals surface area contributed by atoms with Crippen molar-refractivity contribution in [2.45, 2.75) is 38.9 Å². The first-order valence-electron chi connectivity index (χ1n) is 8.80. The number of hydrogen-bond donors (Lipinski definition) is 0. The van der Waals surface area contributed by atoms with Gasteiger partial charge in [0.15, 0.2) is 10.9 Å². The molecule has 27 heavy (non-hydrogen) atoms. The van der Waals surface area contributed by atoms with E-state index in [-0.39, 0.29) is 17.1 Å². The third kappa shape index (κ3) is 3.66. The number of rotatable bonds is 7. The number of fused-ring (bicyclic) bond motifs is 1. The first-order chi connectivity index (χ1) is 12.9. The fraction of sp³-hybridized carbons (Fsp3) is 0.350. The van der Waals surface area contributed by atoms with E-state index >= 15 is 0 Å². The molecule has 5 nitrogen and oxygen atoms in total. The molecule has 0 aromatic carbocycles. The number of carbonyl (C=O) groups is 1. The van der Waals surface area contributed by atoms with Crippen molar-refractivity contribution >= 4 is 39.1 Å². The number of aryl methyl sites for hydroxylation is 2. The third-order valence-corrected chi connectivity index (χ3v) is 6.88. The third-order valence-electron chi connectivity index (χ3n) is 4.74. The minimum absolute atomic E-state index is 0.0427. The molecule has 3 rings (SSSR count). The van der Waals surface area contributed by atoms with E-state index in [1.807, 2.05) is 37.6 Å². The number of nitrogens with zero attached hydrogens (tertiary/aromatic N) is 3. The molecule has 0 bridgehead atoms. The van der Waals surface area contributed by atoms with E-state index in [1.54, 1.807) is 10.6 Å². The molecule has 0 aliphatic heterocycles. The van der Waals surface area contributed by atoms with Gasteiger partial charge in [0.25, 0.3) is 5.56 Å². The van der Waals surface area contributed by atoms with Gasteiger partial charge in [-0.3, -0.25) is 14.2 Å². The van der Waals surface area contributed by atoms with Crippen LogP contribution in [0.2, 0.25) is 0 Å². The summed E-state index contributed by atoms with van der Waals surface area (Å²) >= 11 is 2.85. The maximum absolute atomic E-state index is 12.9. The Morgan fingerprint density at radius 1 is 1.37 bits per heavy atom. The maximum Gasteiger partial charge on any atom is 0.263 e. The van der Waals surface area contributed by atoms with Crippen LogP contribution in [0.3, 0.4) is 0 Å². The lowest BCUT2D eigenvalue weighted by Gasteiger charge is -2.09. The number of thiophene rings is 1. The van der Waals surface area contributed by atoms with Crippen molar-refractivity contribution in [1.29, 1.82) is 0 Å². The molecule has 0 amide bonds. The Balaban J connectivity index is 1.94. The van der Waals surface area contributed by atoms with E-state index in [1.165, 1.54) is 23.1 Å². The Kier molecular flexibility index (Phi) is 5.72. The van der Waals surface area contributed by atoms with E-state index in [4.69, 9.17) is 0 Å². The number of ketones is 1. The highest BCUT2D eigenvalue weighted by Crippen LogP contribution is 2.26. The van der Waals surface area contributed by atoms with Crippen LogP contribution in [0.15, 0.2) is 34.7 Å². The fourth-order valence-corrected chi connectivity index (χ4v) is 4.87. The van der Waals surface area contributed by atoms with Gasteiger partial charge in [0.1, 0.15) is 4.83 Å². The maximum atomic E-state index is 12.9. The van der Waals surface area contributed by atoms with E-state index in [0.29, 0.717) is 17.1 Å². The second-order valence-electron chi connectivity index (χ2n) is 6.44. The summed E-state index contributed by atoms with van der Waals surface area (Å²) in [5.74, 6) is 0.284. The van der Waals surface area contributed by atoms with Crippen LogP contribution < -0.4 is 5.56 Å². The molecular formula is C20H23N3O2S2. The Labute approximate surface area is 166 Å². The topological polar surface area (TPSA) is 56.9 Å². The standard InChI is InChI=1S/C20H23N3O2S2/c1-6-8-23-19(25)16-10-14(7-2)27-18(16)21-20(23)26-11-17(24)15-9-12(3)22(5)13(15)4/h6,9-10H,1,7-8,11H2,2-5H3. The van der Waals surface area contributed by atoms with Crippen molar-refractivity contribution < 1.29 is 4.79 Å². The summed E-state index contributed by atoms with van der Waals surface area (Å²) in [6, 6.07) is 3.84. The molecule has 0 saturated heterocycles. The van der Waals surface area contributed by atoms with Crippen LogP contribution in [-0.2, 0) is 20.0 Å². The minimum Gasteiger partial charge on any atom is -0.351 e. The highest BCUT2D eigenvalue weighted by atomic mass is 32.2. The molecule has 0 aliphatic rings. The quantitative estimate of drug-likeness (QED) is 0.258. The van der Waals surface area contributed by atoms with Crippen LogP contribution in [0.1, 0.15) is 33.5 Å². The van der Waals surface area contributed by atoms with Crippen LogP contribution in [0.4, 0.5) is 0 Å². The van der Waals surface area contributed by atoms with Crippen LogP contribution in [-0.4, -0.2) is 25.7 Å². The molecule has 3 aromatic rings. The number of thioether (sulfide) groups is 1. The first kappa shape index (κ1) is 19.6. The van der Waals surface area contributed by atoms with Crippen molar-refractivity contribution in [3.8, 4) is 0 Å². The fourth-order valence-electron chi connectivity index (χ4n) is 2.97. The molecule has 0 spiro atoms. The summed E-state index contributed by atoms with van der Waals surface area (Å²) in [5.41, 5.74) is 2.66. The van der Waals surface area contributed by atoms with Gasteiger partial charge in [-0.25, -0.2) is 4.98 Å². The van der Waals surface area contributed by atoms with Crippen molar-refractivity contribution in [2.75, 3.05) is 5.75 Å². The Morgan fingerprint density at radius 2 is 2.11 bits per heavy atom. The van der Waals surface area contributed by atoms with Gasteiger partial charge < -0.3 is 4.57 Å². The zero-order valence-electron chi connectivity index (χ0n) is 16.0. The van der Waals surface area contributed by atoms with Crippen molar-refractivity contribution in [1.82, 2.24) is 14.1 Å². The zero-order chi connectivity index (χ0) is 19.7. The van der Waals surface area contributed by atoms with E-state index in [9.17, 15) is 9.59 Å². The van der Waals surface area contributed by atoms with Crippen molar-refractivity contribution in [3.63, 3.8) is 0 Å². The molecule has 0 unspecified atom stereocenters. The Bertz CT molecular complexity index is 1090. The zero-order valence-corrected chi connectivity index (χ0v) is 17.7. The lowest BCUT2D eigenvalue weighted by Crippen LogP contribution is -2.22. The number of aromatic nitrogens is 3. The van der Waals surface area contributed by atoms with Crippen molar-refractivity contribution in [3.05, 3.63) is 57.0 Å². The average molecular weight is 402 g/mol. The second kappa shape index (κ2) is 7.86. The van der Waals surface area contributed by atoms with E-state index < -0.39 is 0 Å². The monoisotopic (exact) mass is 401 g/mol. The summed E-state index contributed by atoms with van der Waals surface area (Å²) in [5, 5.41) is 1.21. The molecule has 142 valence electrons. The van der Waals surface area contributed by atoms with Crippen molar-refractivity contribution in [2.24, 2.45) is 7.05 Å². The largest absolute Gasteiger partial charge is 0.351 e. The number of hydrogen-bond acceptors (Lipinski definition) is 5. The summed E-state index contributed by atoms with van der Waals surface area (Å²) in [4.78, 5) is 32.1. The highest BCUT2D eigenvalue weighted by molar-refractivity contribution is 7.99. The predicted octanol–water partition coefficient (Wildman–Crippen LogP) is 4.14. The lowest BCUT2D eigenvalue weighted by atomic mass is 10.2. The number of allylic oxidation sites excluding steroid dienone is 1. The smallest absolute Gasteiger partial charge is 0.263 e. The molecule has 0 aliphatic carbocycles. The summed E-state index contributed by atoms with van der Waals surface area (Å²) in [6.07, 6.45) is 2.55. The highest BCUT2D eigenvalue weighted by Gasteiger charge is 2.18. The molecule has 3 heterocycles. The number of carbonyl (C=O) groups excluding carboxylic acids is 1. The van der Waals surface area contributed by atoms with E-state index in [2.05, 4.69) is 18.5 Å². The average Bonchev–Trinajstić information content (AvgIpc) is 3.19. The SMILES string of the molecule is C=CCn1c(SCC(=O)c2cc(C)n(C)c2C)nc2sc(CC)cc2c1=O. The Hall–Kier alpha value is -2.12. The molecule has 7 heteroatoms. The minimum atomic E-state index is -0.0717. The predicted molar refractivity (Wildman–Crippen MR) is 113 cm³/mol. The van der Waals surface area contributed by atoms with Crippen LogP contribution in [0.5, 0.6) is 0 Å². The molecule has 0 saturated carbocycles. The van der Waals surface area contributed by atoms with Crippen LogP contribution in [0, 0.1) is 13.8 Å². The van der Waals surface area contributed by atoms with Gasteiger partial charge in [-0.2, -0.15) is 0 Å². The van der Waals surface area contributed by atoms with Gasteiger partial charge in [0, 0.05) is 35.4 Å². The first-order valence-corrected chi connectivity index (χ1v) is 10.6. The van der Waals surface area contributed by atoms with Gasteiger partial charge in [0.05, 0.1) is 11.1 Å². The summed E-state index contributed by atoms with van der Waals surface area (Å²) < 4.78 is 3.61. The molecule has 0 radical (unpaired) electrons. The Morgan fingerprint density at radius 3 is 2.70 bits per heavy atom. The van der Waals surface area contributed by atoms with Gasteiger partial charge in [-0.15, -0.1) is 17.9 Å². The normalized spacial score (nSPS) is 11.3. The van der Waals surface area contributed by atoms with Crippen LogP contribution >= 0.6 is 23.1 Å². The lowest BCUT2D eigenvalue weighted by molar-refractivity contribution is 0.102. The summed E-state index contributed by atoms with van der Waals surface area (Å²) in [6.45, 7) is 10.1. The second-order valence-corrected chi connectivity index (χ2v) is 8.50. The van der Waals surface area contributed by atoms with Gasteiger partial charge in [-0.05, 0) is 32.4 Å². The molecular weight excluding hydrogens is 378 g/mol. The van der Waals surface area contributed by atoms with Gasteiger partial charge >= 0.3 is 0 Å². The summed E-state index contributed by atoms with van der Waals surface area (Å²) in [7, 11) is 1.95. The molecule has 0 fully saturated rings. The molecule has 0 atom stereocenters.